The molecule has 0 bridgehead atoms. The van der Waals surface area contributed by atoms with E-state index in [4.69, 9.17) is 5.84 Å². The number of halogens is 1. The lowest BCUT2D eigenvalue weighted by atomic mass is 9.79. The van der Waals surface area contributed by atoms with Crippen molar-refractivity contribution in [3.05, 3.63) is 132 Å². The Labute approximate surface area is 332 Å². The molecule has 4 aromatic rings. The number of anilines is 1. The van der Waals surface area contributed by atoms with E-state index in [1.165, 1.54) is 44.1 Å². The molecule has 55 heavy (non-hydrogen) atoms. The van der Waals surface area contributed by atoms with Gasteiger partial charge in [0, 0.05) is 59.6 Å². The SMILES string of the molecule is CC1(C)C(=CC=CC=CC=CC2=[N+](CCCCCC(=O)NN)c3ccc4ccccc4c3C2(C)C)N(CCCCS(=O)(=O)[O-])c2ccc3ccccc3c21.Cl. The Hall–Kier alpha value is -4.54. The number of fused-ring (bicyclic) bond motifs is 6. The third kappa shape index (κ3) is 8.97. The van der Waals surface area contributed by atoms with Gasteiger partial charge in [-0.05, 0) is 84.8 Å². The van der Waals surface area contributed by atoms with Crippen LogP contribution in [0.15, 0.2) is 121 Å². The summed E-state index contributed by atoms with van der Waals surface area (Å²) < 4.78 is 36.3. The van der Waals surface area contributed by atoms with Crippen molar-refractivity contribution >= 4 is 67.1 Å². The fraction of sp³-hybridized carbons (Fsp3) is 0.333. The maximum absolute atomic E-state index is 11.6. The Kier molecular flexibility index (Phi) is 13.2. The zero-order valence-corrected chi connectivity index (χ0v) is 33.9. The summed E-state index contributed by atoms with van der Waals surface area (Å²) in [6.07, 6.45) is 18.7. The molecule has 0 fully saturated rings. The molecule has 2 heterocycles. The molecule has 6 rings (SSSR count). The molecule has 290 valence electrons. The van der Waals surface area contributed by atoms with Crippen molar-refractivity contribution in [2.75, 3.05) is 23.7 Å². The summed E-state index contributed by atoms with van der Waals surface area (Å²) in [6.45, 7) is 10.6. The summed E-state index contributed by atoms with van der Waals surface area (Å²) in [5.74, 6) is 4.79. The topological polar surface area (TPSA) is 119 Å². The van der Waals surface area contributed by atoms with Crippen LogP contribution in [-0.4, -0.2) is 48.0 Å². The van der Waals surface area contributed by atoms with Gasteiger partial charge in [-0.2, -0.15) is 4.58 Å². The van der Waals surface area contributed by atoms with Crippen LogP contribution >= 0.6 is 12.4 Å². The fourth-order valence-corrected chi connectivity index (χ4v) is 8.95. The molecule has 0 saturated heterocycles. The molecule has 10 heteroatoms. The van der Waals surface area contributed by atoms with Crippen molar-refractivity contribution in [2.45, 2.75) is 77.0 Å². The van der Waals surface area contributed by atoms with E-state index in [0.29, 0.717) is 25.8 Å². The minimum Gasteiger partial charge on any atom is -0.748 e. The lowest BCUT2D eigenvalue weighted by Gasteiger charge is -2.27. The van der Waals surface area contributed by atoms with E-state index >= 15 is 0 Å². The Morgan fingerprint density at radius 1 is 0.782 bits per heavy atom. The molecule has 1 amide bonds. The second kappa shape index (κ2) is 17.5. The van der Waals surface area contributed by atoms with Crippen LogP contribution in [0, 0.1) is 0 Å². The zero-order chi connectivity index (χ0) is 38.5. The Morgan fingerprint density at radius 2 is 1.42 bits per heavy atom. The van der Waals surface area contributed by atoms with Crippen LogP contribution in [0.3, 0.4) is 0 Å². The molecule has 0 saturated carbocycles. The van der Waals surface area contributed by atoms with Gasteiger partial charge < -0.3 is 9.45 Å². The van der Waals surface area contributed by atoms with Gasteiger partial charge >= 0.3 is 0 Å². The van der Waals surface area contributed by atoms with E-state index in [2.05, 4.69) is 146 Å². The average Bonchev–Trinajstić information content (AvgIpc) is 3.50. The van der Waals surface area contributed by atoms with Gasteiger partial charge in [-0.15, -0.1) is 12.4 Å². The number of allylic oxidation sites excluding steroid dienone is 8. The molecule has 2 aliphatic rings. The maximum Gasteiger partial charge on any atom is 0.233 e. The van der Waals surface area contributed by atoms with E-state index in [9.17, 15) is 17.8 Å². The first kappa shape index (κ1) is 41.6. The number of nitrogens with one attached hydrogen (secondary N) is 1. The van der Waals surface area contributed by atoms with Crippen LogP contribution in [0.1, 0.15) is 77.3 Å². The summed E-state index contributed by atoms with van der Waals surface area (Å²) in [4.78, 5) is 13.9. The van der Waals surface area contributed by atoms with Gasteiger partial charge in [-0.3, -0.25) is 10.2 Å². The van der Waals surface area contributed by atoms with E-state index in [0.717, 1.165) is 37.2 Å². The summed E-state index contributed by atoms with van der Waals surface area (Å²) >= 11 is 0. The Bertz CT molecular complexity index is 2320. The molecule has 8 nitrogen and oxygen atoms in total. The number of hydrazine groups is 1. The van der Waals surface area contributed by atoms with Crippen molar-refractivity contribution in [3.63, 3.8) is 0 Å². The normalized spacial score (nSPS) is 16.9. The van der Waals surface area contributed by atoms with Gasteiger partial charge in [0.25, 0.3) is 0 Å². The molecule has 0 radical (unpaired) electrons. The number of hydrogen-bond donors (Lipinski definition) is 2. The Morgan fingerprint density at radius 3 is 2.11 bits per heavy atom. The minimum atomic E-state index is -4.25. The maximum atomic E-state index is 11.6. The highest BCUT2D eigenvalue weighted by Crippen LogP contribution is 2.51. The number of benzene rings is 4. The quantitative estimate of drug-likeness (QED) is 0.0237. The number of carbonyl (C=O) groups excluding carboxylic acids is 1. The Balaban J connectivity index is 0.00000580. The van der Waals surface area contributed by atoms with Crippen molar-refractivity contribution in [1.29, 1.82) is 0 Å². The van der Waals surface area contributed by atoms with Crippen molar-refractivity contribution in [1.82, 2.24) is 5.43 Å². The summed E-state index contributed by atoms with van der Waals surface area (Å²) in [5.41, 5.74) is 9.04. The van der Waals surface area contributed by atoms with E-state index in [1.54, 1.807) is 0 Å². The fourth-order valence-electron chi connectivity index (χ4n) is 8.39. The average molecular weight is 781 g/mol. The van der Waals surface area contributed by atoms with Crippen LogP contribution in [0.5, 0.6) is 0 Å². The van der Waals surface area contributed by atoms with Gasteiger partial charge in [0.2, 0.25) is 11.6 Å². The standard InChI is InChI=1S/C45H52N4O4S.ClH/c1-44(2)39(48(30-16-8-11-25-41(50)47-46)37-28-26-33-19-12-14-21-35(33)42(37)44)23-9-6-5-7-10-24-40-45(3,4)43-36-22-15-13-20-34(36)27-29-38(43)49(40)31-17-18-32-54(51,52)53;/h5-7,9-10,12-15,19-24,26-29H,8,11,16-18,25,30-32,46H2,1-4H3,(H-,47,50,51,52,53);1H. The molecule has 0 atom stereocenters. The molecule has 3 N–H and O–H groups in total. The molecule has 0 aromatic heterocycles. The van der Waals surface area contributed by atoms with Gasteiger partial charge in [0.15, 0.2) is 5.71 Å². The summed E-state index contributed by atoms with van der Waals surface area (Å²) in [5, 5.41) is 4.90. The zero-order valence-electron chi connectivity index (χ0n) is 32.3. The van der Waals surface area contributed by atoms with Crippen LogP contribution in [0.25, 0.3) is 21.5 Å². The molecule has 0 spiro atoms. The third-order valence-electron chi connectivity index (χ3n) is 10.9. The van der Waals surface area contributed by atoms with Gasteiger partial charge in [0.05, 0.1) is 15.5 Å². The third-order valence-corrected chi connectivity index (χ3v) is 11.7. The van der Waals surface area contributed by atoms with E-state index in [1.807, 2.05) is 12.2 Å². The van der Waals surface area contributed by atoms with Gasteiger partial charge in [0.1, 0.15) is 6.54 Å². The second-order valence-corrected chi connectivity index (χ2v) is 16.9. The van der Waals surface area contributed by atoms with Crippen LogP contribution in [-0.2, 0) is 25.7 Å². The molecule has 4 aromatic carbocycles. The highest BCUT2D eigenvalue weighted by molar-refractivity contribution is 7.85. The number of nitrogens with zero attached hydrogens (tertiary/aromatic N) is 2. The minimum absolute atomic E-state index is 0. The summed E-state index contributed by atoms with van der Waals surface area (Å²) in [6, 6.07) is 25.8. The van der Waals surface area contributed by atoms with Gasteiger partial charge in [-0.25, -0.2) is 14.3 Å². The first-order valence-electron chi connectivity index (χ1n) is 19.0. The van der Waals surface area contributed by atoms with E-state index in [-0.39, 0.29) is 34.9 Å². The van der Waals surface area contributed by atoms with E-state index < -0.39 is 10.1 Å². The molecular weight excluding hydrogens is 728 g/mol. The highest BCUT2D eigenvalue weighted by atomic mass is 35.5. The number of carbonyl (C=O) groups is 1. The number of amides is 1. The number of hydrogen-bond acceptors (Lipinski definition) is 6. The number of nitrogens with two attached hydrogens (primary N) is 1. The highest BCUT2D eigenvalue weighted by Gasteiger charge is 2.45. The lowest BCUT2D eigenvalue weighted by molar-refractivity contribution is -0.438. The van der Waals surface area contributed by atoms with Crippen molar-refractivity contribution < 1.29 is 22.3 Å². The van der Waals surface area contributed by atoms with Gasteiger partial charge in [-0.1, -0.05) is 98.8 Å². The molecule has 2 aliphatic heterocycles. The van der Waals surface area contributed by atoms with Crippen molar-refractivity contribution in [3.8, 4) is 0 Å². The predicted octanol–water partition coefficient (Wildman–Crippen LogP) is 9.02. The molecular formula is C45H53ClN4O4S. The monoisotopic (exact) mass is 780 g/mol. The van der Waals surface area contributed by atoms with Crippen LogP contribution in [0.4, 0.5) is 11.4 Å². The first-order chi connectivity index (χ1) is 25.8. The first-order valence-corrected chi connectivity index (χ1v) is 20.5. The predicted molar refractivity (Wildman–Crippen MR) is 228 cm³/mol. The lowest BCUT2D eigenvalue weighted by Crippen LogP contribution is -2.29. The largest absolute Gasteiger partial charge is 0.748 e. The van der Waals surface area contributed by atoms with Crippen LogP contribution in [0.2, 0.25) is 0 Å². The van der Waals surface area contributed by atoms with Crippen molar-refractivity contribution in [2.24, 2.45) is 5.84 Å². The second-order valence-electron chi connectivity index (χ2n) is 15.3. The molecule has 0 aliphatic carbocycles. The molecule has 0 unspecified atom stereocenters. The van der Waals surface area contributed by atoms with Crippen LogP contribution < -0.4 is 16.2 Å². The number of unbranched alkanes of at least 4 members (excludes halogenated alkanes) is 3. The smallest absolute Gasteiger partial charge is 0.233 e. The number of rotatable bonds is 15. The summed E-state index contributed by atoms with van der Waals surface area (Å²) in [7, 11) is -4.25.